The molecule has 0 aromatic rings. The lowest BCUT2D eigenvalue weighted by Crippen LogP contribution is -2.57. The van der Waals surface area contributed by atoms with Crippen molar-refractivity contribution in [2.75, 3.05) is 13.1 Å². The number of likely N-dealkylation sites (tertiary alicyclic amines) is 1. The summed E-state index contributed by atoms with van der Waals surface area (Å²) in [4.78, 5) is 24.1. The Labute approximate surface area is 89.8 Å². The van der Waals surface area contributed by atoms with Gasteiger partial charge in [-0.1, -0.05) is 6.92 Å². The first-order chi connectivity index (χ1) is 7.06. The quantitative estimate of drug-likeness (QED) is 0.642. The fraction of sp³-hybridized carbons (Fsp3) is 0.800. The van der Waals surface area contributed by atoms with Crippen LogP contribution in [0.4, 0.5) is 0 Å². The van der Waals surface area contributed by atoms with Crippen molar-refractivity contribution in [3.8, 4) is 0 Å². The van der Waals surface area contributed by atoms with E-state index >= 15 is 0 Å². The molecular formula is C10H19N3O2. The summed E-state index contributed by atoms with van der Waals surface area (Å²) in [7, 11) is 0. The predicted molar refractivity (Wildman–Crippen MR) is 56.8 cm³/mol. The Hall–Kier alpha value is -1.10. The van der Waals surface area contributed by atoms with Gasteiger partial charge in [0.15, 0.2) is 0 Å². The van der Waals surface area contributed by atoms with Crippen LogP contribution in [0.15, 0.2) is 0 Å². The SMILES string of the molecule is CC(CN)CCC(=O)N1CCC1C(N)=O. The molecule has 1 rings (SSSR count). The Morgan fingerprint density at radius 2 is 2.20 bits per heavy atom. The van der Waals surface area contributed by atoms with Crippen LogP contribution in [0.1, 0.15) is 26.2 Å². The summed E-state index contributed by atoms with van der Waals surface area (Å²) in [5.41, 5.74) is 10.6. The van der Waals surface area contributed by atoms with Gasteiger partial charge < -0.3 is 16.4 Å². The van der Waals surface area contributed by atoms with Crippen molar-refractivity contribution < 1.29 is 9.59 Å². The highest BCUT2D eigenvalue weighted by Gasteiger charge is 2.35. The van der Waals surface area contributed by atoms with E-state index in [4.69, 9.17) is 11.5 Å². The van der Waals surface area contributed by atoms with Gasteiger partial charge in [0.05, 0.1) is 0 Å². The summed E-state index contributed by atoms with van der Waals surface area (Å²) in [6.45, 7) is 3.25. The van der Waals surface area contributed by atoms with Crippen LogP contribution < -0.4 is 11.5 Å². The Balaban J connectivity index is 2.32. The van der Waals surface area contributed by atoms with Gasteiger partial charge in [-0.05, 0) is 25.3 Å². The van der Waals surface area contributed by atoms with Crippen LogP contribution in [0.2, 0.25) is 0 Å². The third kappa shape index (κ3) is 2.92. The topological polar surface area (TPSA) is 89.4 Å². The molecule has 0 aromatic carbocycles. The van der Waals surface area contributed by atoms with E-state index in [1.165, 1.54) is 0 Å². The molecule has 1 saturated heterocycles. The lowest BCUT2D eigenvalue weighted by molar-refractivity contribution is -0.146. The Bertz CT molecular complexity index is 255. The lowest BCUT2D eigenvalue weighted by Gasteiger charge is -2.39. The van der Waals surface area contributed by atoms with Crippen molar-refractivity contribution in [2.24, 2.45) is 17.4 Å². The van der Waals surface area contributed by atoms with E-state index in [1.54, 1.807) is 4.90 Å². The summed E-state index contributed by atoms with van der Waals surface area (Å²) in [6, 6.07) is -0.370. The zero-order valence-electron chi connectivity index (χ0n) is 9.11. The number of carbonyl (C=O) groups is 2. The van der Waals surface area contributed by atoms with Gasteiger partial charge in [0, 0.05) is 13.0 Å². The van der Waals surface area contributed by atoms with E-state index in [-0.39, 0.29) is 11.9 Å². The number of amides is 2. The summed E-state index contributed by atoms with van der Waals surface area (Å²) in [5.74, 6) is -0.0333. The fourth-order valence-electron chi connectivity index (χ4n) is 1.61. The number of hydrogen-bond acceptors (Lipinski definition) is 3. The molecule has 1 heterocycles. The molecule has 0 bridgehead atoms. The van der Waals surface area contributed by atoms with Crippen LogP contribution in [-0.4, -0.2) is 35.8 Å². The number of nitrogens with two attached hydrogens (primary N) is 2. The maximum atomic E-state index is 11.6. The van der Waals surface area contributed by atoms with Gasteiger partial charge in [0.2, 0.25) is 11.8 Å². The molecule has 0 radical (unpaired) electrons. The van der Waals surface area contributed by atoms with E-state index in [0.717, 1.165) is 6.42 Å². The second kappa shape index (κ2) is 5.11. The normalized spacial score (nSPS) is 22.0. The number of rotatable bonds is 5. The largest absolute Gasteiger partial charge is 0.368 e. The van der Waals surface area contributed by atoms with Gasteiger partial charge in [0.1, 0.15) is 6.04 Å². The smallest absolute Gasteiger partial charge is 0.240 e. The van der Waals surface area contributed by atoms with Gasteiger partial charge in [-0.2, -0.15) is 0 Å². The summed E-state index contributed by atoms with van der Waals surface area (Å²) in [5, 5.41) is 0. The third-order valence-electron chi connectivity index (χ3n) is 2.92. The monoisotopic (exact) mass is 213 g/mol. The highest BCUT2D eigenvalue weighted by Crippen LogP contribution is 2.19. The Morgan fingerprint density at radius 3 is 2.60 bits per heavy atom. The second-order valence-corrected chi connectivity index (χ2v) is 4.17. The third-order valence-corrected chi connectivity index (χ3v) is 2.92. The molecule has 0 spiro atoms. The molecule has 2 atom stereocenters. The average molecular weight is 213 g/mol. The number of nitrogens with zero attached hydrogens (tertiary/aromatic N) is 1. The molecule has 0 saturated carbocycles. The Morgan fingerprint density at radius 1 is 1.53 bits per heavy atom. The van der Waals surface area contributed by atoms with E-state index in [1.807, 2.05) is 6.92 Å². The van der Waals surface area contributed by atoms with Crippen LogP contribution in [0, 0.1) is 5.92 Å². The minimum absolute atomic E-state index is 0.0188. The zero-order chi connectivity index (χ0) is 11.4. The van der Waals surface area contributed by atoms with Gasteiger partial charge in [-0.3, -0.25) is 9.59 Å². The van der Waals surface area contributed by atoms with E-state index < -0.39 is 5.91 Å². The van der Waals surface area contributed by atoms with Crippen molar-refractivity contribution in [3.63, 3.8) is 0 Å². The molecular weight excluding hydrogens is 194 g/mol. The first-order valence-electron chi connectivity index (χ1n) is 5.35. The number of primary amides is 1. The summed E-state index contributed by atoms with van der Waals surface area (Å²) >= 11 is 0. The molecule has 15 heavy (non-hydrogen) atoms. The van der Waals surface area contributed by atoms with E-state index in [0.29, 0.717) is 31.8 Å². The van der Waals surface area contributed by atoms with Crippen LogP contribution in [0.25, 0.3) is 0 Å². The minimum Gasteiger partial charge on any atom is -0.368 e. The second-order valence-electron chi connectivity index (χ2n) is 4.17. The molecule has 1 aliphatic heterocycles. The maximum Gasteiger partial charge on any atom is 0.240 e. The molecule has 0 aliphatic carbocycles. The van der Waals surface area contributed by atoms with E-state index in [9.17, 15) is 9.59 Å². The zero-order valence-corrected chi connectivity index (χ0v) is 9.11. The molecule has 4 N–H and O–H groups in total. The highest BCUT2D eigenvalue weighted by molar-refractivity contribution is 5.88. The summed E-state index contributed by atoms with van der Waals surface area (Å²) in [6.07, 6.45) is 1.94. The van der Waals surface area contributed by atoms with Gasteiger partial charge in [0.25, 0.3) is 0 Å². The predicted octanol–water partition coefficient (Wildman–Crippen LogP) is -0.552. The van der Waals surface area contributed by atoms with E-state index in [2.05, 4.69) is 0 Å². The van der Waals surface area contributed by atoms with Crippen molar-refractivity contribution >= 4 is 11.8 Å². The van der Waals surface area contributed by atoms with Gasteiger partial charge >= 0.3 is 0 Å². The molecule has 2 amide bonds. The minimum atomic E-state index is -0.401. The first kappa shape index (κ1) is 12.0. The standard InChI is InChI=1S/C10H19N3O2/c1-7(6-11)2-3-9(14)13-5-4-8(13)10(12)15/h7-8H,2-6,11H2,1H3,(H2,12,15). The van der Waals surface area contributed by atoms with Gasteiger partial charge in [-0.15, -0.1) is 0 Å². The van der Waals surface area contributed by atoms with Crippen LogP contribution in [-0.2, 0) is 9.59 Å². The lowest BCUT2D eigenvalue weighted by atomic mass is 9.99. The molecule has 2 unspecified atom stereocenters. The molecule has 5 nitrogen and oxygen atoms in total. The van der Waals surface area contributed by atoms with Crippen molar-refractivity contribution in [2.45, 2.75) is 32.2 Å². The molecule has 1 fully saturated rings. The average Bonchev–Trinajstić information content (AvgIpc) is 2.11. The fourth-order valence-corrected chi connectivity index (χ4v) is 1.61. The highest BCUT2D eigenvalue weighted by atomic mass is 16.2. The van der Waals surface area contributed by atoms with Crippen LogP contribution >= 0.6 is 0 Å². The molecule has 1 aliphatic rings. The summed E-state index contributed by atoms with van der Waals surface area (Å²) < 4.78 is 0. The van der Waals surface area contributed by atoms with Crippen LogP contribution in [0.5, 0.6) is 0 Å². The number of carbonyl (C=O) groups excluding carboxylic acids is 2. The molecule has 0 aromatic heterocycles. The first-order valence-corrected chi connectivity index (χ1v) is 5.35. The Kier molecular flexibility index (Phi) is 4.08. The molecule has 86 valence electrons. The van der Waals surface area contributed by atoms with Crippen molar-refractivity contribution in [1.82, 2.24) is 4.90 Å². The van der Waals surface area contributed by atoms with Gasteiger partial charge in [-0.25, -0.2) is 0 Å². The van der Waals surface area contributed by atoms with Crippen LogP contribution in [0.3, 0.4) is 0 Å². The van der Waals surface area contributed by atoms with Crippen molar-refractivity contribution in [1.29, 1.82) is 0 Å². The maximum absolute atomic E-state index is 11.6. The molecule has 5 heteroatoms. The van der Waals surface area contributed by atoms with Crippen molar-refractivity contribution in [3.05, 3.63) is 0 Å². The number of hydrogen-bond donors (Lipinski definition) is 2.